The van der Waals surface area contributed by atoms with Gasteiger partial charge >= 0.3 is 0 Å². The Morgan fingerprint density at radius 2 is 2.00 bits per heavy atom. The topological polar surface area (TPSA) is 21.6 Å². The summed E-state index contributed by atoms with van der Waals surface area (Å²) in [5.74, 6) is 0. The molecule has 1 aromatic carbocycles. The molecule has 1 rings (SSSR count). The Hall–Kier alpha value is -1.31. The normalized spacial score (nSPS) is 11.4. The summed E-state index contributed by atoms with van der Waals surface area (Å²) in [6, 6.07) is 10.2. The number of nitrogens with zero attached hydrogens (tertiary/aromatic N) is 1. The van der Waals surface area contributed by atoms with Crippen LogP contribution in [-0.4, -0.2) is 12.8 Å². The van der Waals surface area contributed by atoms with Crippen LogP contribution in [0.5, 0.6) is 0 Å². The Bertz CT molecular complexity index is 280. The molecule has 1 aromatic rings. The van der Waals surface area contributed by atoms with E-state index in [1.54, 1.807) is 7.11 Å². The summed E-state index contributed by atoms with van der Waals surface area (Å²) in [7, 11) is 1.59. The Morgan fingerprint density at radius 3 is 2.57 bits per heavy atom. The van der Waals surface area contributed by atoms with Crippen LogP contribution in [0.2, 0.25) is 0 Å². The van der Waals surface area contributed by atoms with E-state index in [0.717, 1.165) is 24.1 Å². The average Bonchev–Trinajstić information content (AvgIpc) is 2.25. The molecule has 0 heterocycles. The van der Waals surface area contributed by atoms with Crippen LogP contribution >= 0.6 is 0 Å². The SMILES string of the molecule is CCCC/C(=N/OC)c1ccccc1. The van der Waals surface area contributed by atoms with Gasteiger partial charge in [-0.05, 0) is 18.4 Å². The second kappa shape index (κ2) is 6.19. The molecule has 2 nitrogen and oxygen atoms in total. The zero-order valence-corrected chi connectivity index (χ0v) is 8.86. The zero-order chi connectivity index (χ0) is 10.2. The zero-order valence-electron chi connectivity index (χ0n) is 8.86. The van der Waals surface area contributed by atoms with Gasteiger partial charge in [0.05, 0.1) is 5.71 Å². The summed E-state index contributed by atoms with van der Waals surface area (Å²) >= 11 is 0. The van der Waals surface area contributed by atoms with Crippen molar-refractivity contribution >= 4 is 5.71 Å². The number of unbranched alkanes of at least 4 members (excludes halogenated alkanes) is 1. The lowest BCUT2D eigenvalue weighted by molar-refractivity contribution is 0.212. The monoisotopic (exact) mass is 191 g/mol. The van der Waals surface area contributed by atoms with E-state index in [1.807, 2.05) is 18.2 Å². The summed E-state index contributed by atoms with van der Waals surface area (Å²) in [6.07, 6.45) is 3.31. The van der Waals surface area contributed by atoms with Gasteiger partial charge in [0, 0.05) is 0 Å². The van der Waals surface area contributed by atoms with Gasteiger partial charge in [-0.3, -0.25) is 0 Å². The minimum Gasteiger partial charge on any atom is -0.399 e. The highest BCUT2D eigenvalue weighted by Crippen LogP contribution is 2.08. The van der Waals surface area contributed by atoms with Crippen molar-refractivity contribution in [2.24, 2.45) is 5.16 Å². The summed E-state index contributed by atoms with van der Waals surface area (Å²) in [6.45, 7) is 2.18. The summed E-state index contributed by atoms with van der Waals surface area (Å²) in [5.41, 5.74) is 2.19. The first-order valence-corrected chi connectivity index (χ1v) is 5.04. The lowest BCUT2D eigenvalue weighted by Crippen LogP contribution is -2.01. The molecule has 0 saturated carbocycles. The van der Waals surface area contributed by atoms with Crippen LogP contribution < -0.4 is 0 Å². The molecule has 0 radical (unpaired) electrons. The Morgan fingerprint density at radius 1 is 1.29 bits per heavy atom. The molecule has 0 bridgehead atoms. The molecule has 0 fully saturated rings. The number of hydrogen-bond donors (Lipinski definition) is 0. The minimum absolute atomic E-state index is 0.981. The van der Waals surface area contributed by atoms with E-state index in [9.17, 15) is 0 Å². The van der Waals surface area contributed by atoms with Gasteiger partial charge < -0.3 is 4.84 Å². The van der Waals surface area contributed by atoms with Gasteiger partial charge in [-0.15, -0.1) is 0 Å². The molecule has 0 aliphatic carbocycles. The van der Waals surface area contributed by atoms with Crippen LogP contribution in [0.25, 0.3) is 0 Å². The van der Waals surface area contributed by atoms with Crippen molar-refractivity contribution in [3.63, 3.8) is 0 Å². The van der Waals surface area contributed by atoms with Gasteiger partial charge in [0.25, 0.3) is 0 Å². The van der Waals surface area contributed by atoms with Crippen molar-refractivity contribution in [3.8, 4) is 0 Å². The fourth-order valence-electron chi connectivity index (χ4n) is 1.33. The highest BCUT2D eigenvalue weighted by molar-refractivity contribution is 6.00. The van der Waals surface area contributed by atoms with Crippen molar-refractivity contribution < 1.29 is 4.84 Å². The molecule has 0 aliphatic rings. The maximum Gasteiger partial charge on any atom is 0.106 e. The predicted molar refractivity (Wildman–Crippen MR) is 59.5 cm³/mol. The third kappa shape index (κ3) is 3.21. The molecular weight excluding hydrogens is 174 g/mol. The van der Waals surface area contributed by atoms with Gasteiger partial charge in [0.2, 0.25) is 0 Å². The van der Waals surface area contributed by atoms with Crippen LogP contribution in [0.3, 0.4) is 0 Å². The lowest BCUT2D eigenvalue weighted by atomic mass is 10.1. The summed E-state index contributed by atoms with van der Waals surface area (Å²) in [4.78, 5) is 4.84. The molecule has 0 unspecified atom stereocenters. The Labute approximate surface area is 85.6 Å². The number of benzene rings is 1. The third-order valence-electron chi connectivity index (χ3n) is 2.08. The Kier molecular flexibility index (Phi) is 4.76. The molecule has 0 N–H and O–H groups in total. The first kappa shape index (κ1) is 10.8. The molecule has 0 saturated heterocycles. The van der Waals surface area contributed by atoms with Gasteiger partial charge in [0.15, 0.2) is 0 Å². The summed E-state index contributed by atoms with van der Waals surface area (Å²) in [5, 5.41) is 4.05. The van der Waals surface area contributed by atoms with Gasteiger partial charge in [-0.1, -0.05) is 48.8 Å². The molecule has 0 amide bonds. The van der Waals surface area contributed by atoms with E-state index < -0.39 is 0 Å². The largest absolute Gasteiger partial charge is 0.399 e. The molecule has 0 atom stereocenters. The number of hydrogen-bond acceptors (Lipinski definition) is 2. The van der Waals surface area contributed by atoms with Crippen molar-refractivity contribution in [1.29, 1.82) is 0 Å². The lowest BCUT2D eigenvalue weighted by Gasteiger charge is -2.04. The average molecular weight is 191 g/mol. The summed E-state index contributed by atoms with van der Waals surface area (Å²) < 4.78 is 0. The molecule has 0 aromatic heterocycles. The maximum atomic E-state index is 4.84. The number of rotatable bonds is 5. The standard InChI is InChI=1S/C12H17NO/c1-3-4-10-12(13-14-2)11-8-6-5-7-9-11/h5-9H,3-4,10H2,1-2H3/b13-12-. The molecular formula is C12H17NO. The van der Waals surface area contributed by atoms with Crippen LogP contribution in [0.4, 0.5) is 0 Å². The first-order valence-electron chi connectivity index (χ1n) is 5.04. The van der Waals surface area contributed by atoms with E-state index in [1.165, 1.54) is 6.42 Å². The minimum atomic E-state index is 0.981. The molecule has 2 heteroatoms. The van der Waals surface area contributed by atoms with E-state index in [-0.39, 0.29) is 0 Å². The first-order chi connectivity index (χ1) is 6.88. The molecule has 0 spiro atoms. The highest BCUT2D eigenvalue weighted by Gasteiger charge is 2.02. The van der Waals surface area contributed by atoms with Crippen molar-refractivity contribution in [1.82, 2.24) is 0 Å². The van der Waals surface area contributed by atoms with Crippen molar-refractivity contribution in [3.05, 3.63) is 35.9 Å². The van der Waals surface area contributed by atoms with Crippen LogP contribution in [0, 0.1) is 0 Å². The van der Waals surface area contributed by atoms with E-state index in [0.29, 0.717) is 0 Å². The maximum absolute atomic E-state index is 4.84. The fourth-order valence-corrected chi connectivity index (χ4v) is 1.33. The number of oxime groups is 1. The molecule has 0 aliphatic heterocycles. The van der Waals surface area contributed by atoms with E-state index in [2.05, 4.69) is 24.2 Å². The van der Waals surface area contributed by atoms with Crippen molar-refractivity contribution in [2.75, 3.05) is 7.11 Å². The van der Waals surface area contributed by atoms with Crippen molar-refractivity contribution in [2.45, 2.75) is 26.2 Å². The Balaban J connectivity index is 2.73. The fraction of sp³-hybridized carbons (Fsp3) is 0.417. The van der Waals surface area contributed by atoms with Crippen LogP contribution in [0.1, 0.15) is 31.7 Å². The predicted octanol–water partition coefficient (Wildman–Crippen LogP) is 3.23. The van der Waals surface area contributed by atoms with Gasteiger partial charge in [0.1, 0.15) is 7.11 Å². The van der Waals surface area contributed by atoms with Crippen LogP contribution in [-0.2, 0) is 4.84 Å². The van der Waals surface area contributed by atoms with E-state index >= 15 is 0 Å². The van der Waals surface area contributed by atoms with E-state index in [4.69, 9.17) is 4.84 Å². The second-order valence-electron chi connectivity index (χ2n) is 3.19. The molecule has 76 valence electrons. The third-order valence-corrected chi connectivity index (χ3v) is 2.08. The second-order valence-corrected chi connectivity index (χ2v) is 3.19. The highest BCUT2D eigenvalue weighted by atomic mass is 16.6. The van der Waals surface area contributed by atoms with Gasteiger partial charge in [-0.2, -0.15) is 0 Å². The molecule has 14 heavy (non-hydrogen) atoms. The smallest absolute Gasteiger partial charge is 0.106 e. The quantitative estimate of drug-likeness (QED) is 0.517. The van der Waals surface area contributed by atoms with Crippen LogP contribution in [0.15, 0.2) is 35.5 Å². The van der Waals surface area contributed by atoms with Gasteiger partial charge in [-0.25, -0.2) is 0 Å².